The van der Waals surface area contributed by atoms with Crippen LogP contribution in [-0.2, 0) is 0 Å². The van der Waals surface area contributed by atoms with Gasteiger partial charge in [-0.15, -0.1) is 0 Å². The van der Waals surface area contributed by atoms with Crippen molar-refractivity contribution in [1.29, 1.82) is 0 Å². The average Bonchev–Trinajstić information content (AvgIpc) is 2.74. The van der Waals surface area contributed by atoms with Gasteiger partial charge in [-0.1, -0.05) is 6.92 Å². The highest BCUT2D eigenvalue weighted by atomic mass is 79.9. The average molecular weight is 360 g/mol. The van der Waals surface area contributed by atoms with E-state index in [-0.39, 0.29) is 6.04 Å². The van der Waals surface area contributed by atoms with Crippen molar-refractivity contribution in [2.24, 2.45) is 0 Å². The first kappa shape index (κ1) is 12.8. The molecule has 2 heterocycles. The van der Waals surface area contributed by atoms with Crippen molar-refractivity contribution in [2.75, 3.05) is 6.54 Å². The van der Waals surface area contributed by atoms with Crippen LogP contribution in [0, 0.1) is 0 Å². The molecule has 1 N–H and O–H groups in total. The third-order valence-electron chi connectivity index (χ3n) is 2.36. The molecule has 0 aliphatic heterocycles. The van der Waals surface area contributed by atoms with Crippen molar-refractivity contribution in [3.63, 3.8) is 0 Å². The largest absolute Gasteiger partial charge is 0.466 e. The molecule has 0 aromatic carbocycles. The van der Waals surface area contributed by atoms with Gasteiger partial charge in [0.05, 0.1) is 16.4 Å². The second-order valence-electron chi connectivity index (χ2n) is 3.52. The molecule has 5 heteroatoms. The molecule has 0 saturated carbocycles. The van der Waals surface area contributed by atoms with E-state index in [0.29, 0.717) is 0 Å². The minimum atomic E-state index is -0.0301. The second kappa shape index (κ2) is 5.80. The molecule has 17 heavy (non-hydrogen) atoms. The molecule has 0 radical (unpaired) electrons. The van der Waals surface area contributed by atoms with Crippen LogP contribution in [0.5, 0.6) is 0 Å². The van der Waals surface area contributed by atoms with Crippen molar-refractivity contribution in [3.05, 3.63) is 51.1 Å². The van der Waals surface area contributed by atoms with E-state index in [0.717, 1.165) is 26.9 Å². The maximum atomic E-state index is 5.50. The summed E-state index contributed by atoms with van der Waals surface area (Å²) in [6.07, 6.45) is 3.46. The Labute approximate surface area is 117 Å². The van der Waals surface area contributed by atoms with Crippen molar-refractivity contribution in [3.8, 4) is 0 Å². The van der Waals surface area contributed by atoms with Gasteiger partial charge in [-0.25, -0.2) is 0 Å². The molecule has 0 amide bonds. The smallest absolute Gasteiger partial charge is 0.140 e. The Bertz CT molecular complexity index is 482. The van der Waals surface area contributed by atoms with E-state index >= 15 is 0 Å². The zero-order valence-electron chi connectivity index (χ0n) is 9.28. The molecule has 0 spiro atoms. The predicted octanol–water partition coefficient (Wildman–Crippen LogP) is 3.90. The zero-order valence-corrected chi connectivity index (χ0v) is 12.5. The normalized spacial score (nSPS) is 12.6. The van der Waals surface area contributed by atoms with Crippen LogP contribution in [0.15, 0.2) is 44.0 Å². The molecule has 90 valence electrons. The van der Waals surface area contributed by atoms with Gasteiger partial charge in [0.2, 0.25) is 0 Å². The monoisotopic (exact) mass is 358 g/mol. The standard InChI is InChI=1S/C12H12Br2N2O/c1-2-15-11(12-9(14)5-6-17-12)10-4-3-8(13)7-16-10/h3-7,11,15H,2H2,1H3. The SMILES string of the molecule is CCNC(c1ccc(Br)cn1)c1occc1Br. The molecule has 0 saturated heterocycles. The van der Waals surface area contributed by atoms with Crippen LogP contribution < -0.4 is 5.32 Å². The van der Waals surface area contributed by atoms with E-state index in [1.807, 2.05) is 18.2 Å². The number of furan rings is 1. The lowest BCUT2D eigenvalue weighted by atomic mass is 10.1. The van der Waals surface area contributed by atoms with E-state index in [1.165, 1.54) is 0 Å². The molecule has 3 nitrogen and oxygen atoms in total. The van der Waals surface area contributed by atoms with Gasteiger partial charge in [-0.05, 0) is 56.6 Å². The maximum Gasteiger partial charge on any atom is 0.140 e. The first-order valence-corrected chi connectivity index (χ1v) is 6.88. The minimum Gasteiger partial charge on any atom is -0.466 e. The quantitative estimate of drug-likeness (QED) is 0.899. The van der Waals surface area contributed by atoms with E-state index in [9.17, 15) is 0 Å². The van der Waals surface area contributed by atoms with E-state index in [4.69, 9.17) is 4.42 Å². The van der Waals surface area contributed by atoms with Crippen LogP contribution in [0.4, 0.5) is 0 Å². The molecule has 1 unspecified atom stereocenters. The Morgan fingerprint density at radius 3 is 2.71 bits per heavy atom. The van der Waals surface area contributed by atoms with Crippen molar-refractivity contribution >= 4 is 31.9 Å². The van der Waals surface area contributed by atoms with Gasteiger partial charge in [0, 0.05) is 10.7 Å². The van der Waals surface area contributed by atoms with E-state index in [2.05, 4.69) is 49.1 Å². The van der Waals surface area contributed by atoms with Crippen molar-refractivity contribution in [2.45, 2.75) is 13.0 Å². The fourth-order valence-electron chi connectivity index (χ4n) is 1.61. The van der Waals surface area contributed by atoms with Gasteiger partial charge in [-0.3, -0.25) is 4.98 Å². The molecule has 2 aromatic rings. The summed E-state index contributed by atoms with van der Waals surface area (Å²) in [4.78, 5) is 4.40. The van der Waals surface area contributed by atoms with Crippen molar-refractivity contribution in [1.82, 2.24) is 10.3 Å². The fourth-order valence-corrected chi connectivity index (χ4v) is 2.27. The van der Waals surface area contributed by atoms with Gasteiger partial charge in [0.15, 0.2) is 0 Å². The fraction of sp³-hybridized carbons (Fsp3) is 0.250. The second-order valence-corrected chi connectivity index (χ2v) is 5.29. The Morgan fingerprint density at radius 2 is 2.18 bits per heavy atom. The number of pyridine rings is 1. The summed E-state index contributed by atoms with van der Waals surface area (Å²) in [7, 11) is 0. The topological polar surface area (TPSA) is 38.1 Å². The number of hydrogen-bond acceptors (Lipinski definition) is 3. The Kier molecular flexibility index (Phi) is 4.36. The van der Waals surface area contributed by atoms with Crippen LogP contribution in [0.2, 0.25) is 0 Å². The van der Waals surface area contributed by atoms with Crippen LogP contribution in [-0.4, -0.2) is 11.5 Å². The first-order chi connectivity index (χ1) is 8.22. The van der Waals surface area contributed by atoms with Gasteiger partial charge in [-0.2, -0.15) is 0 Å². The number of hydrogen-bond donors (Lipinski definition) is 1. The lowest BCUT2D eigenvalue weighted by molar-refractivity contribution is 0.445. The third kappa shape index (κ3) is 2.97. The lowest BCUT2D eigenvalue weighted by Crippen LogP contribution is -2.22. The number of rotatable bonds is 4. The van der Waals surface area contributed by atoms with E-state index < -0.39 is 0 Å². The summed E-state index contributed by atoms with van der Waals surface area (Å²) in [6, 6.07) is 5.81. The molecular weight excluding hydrogens is 348 g/mol. The molecule has 0 aliphatic rings. The molecule has 2 aromatic heterocycles. The summed E-state index contributed by atoms with van der Waals surface area (Å²) in [6.45, 7) is 2.90. The number of nitrogens with zero attached hydrogens (tertiary/aromatic N) is 1. The van der Waals surface area contributed by atoms with Gasteiger partial charge in [0.25, 0.3) is 0 Å². The van der Waals surface area contributed by atoms with Crippen molar-refractivity contribution < 1.29 is 4.42 Å². The summed E-state index contributed by atoms with van der Waals surface area (Å²) in [5.74, 6) is 0.849. The van der Waals surface area contributed by atoms with E-state index in [1.54, 1.807) is 12.5 Å². The highest BCUT2D eigenvalue weighted by Crippen LogP contribution is 2.28. The summed E-state index contributed by atoms with van der Waals surface area (Å²) in [5.41, 5.74) is 0.936. The number of halogens is 2. The molecule has 0 aliphatic carbocycles. The minimum absolute atomic E-state index is 0.0301. The van der Waals surface area contributed by atoms with Gasteiger partial charge in [0.1, 0.15) is 11.8 Å². The Hall–Kier alpha value is -0.650. The Morgan fingerprint density at radius 1 is 1.35 bits per heavy atom. The highest BCUT2D eigenvalue weighted by Gasteiger charge is 2.20. The Balaban J connectivity index is 2.35. The van der Waals surface area contributed by atoms with Gasteiger partial charge < -0.3 is 9.73 Å². The highest BCUT2D eigenvalue weighted by molar-refractivity contribution is 9.10. The van der Waals surface area contributed by atoms with Crippen LogP contribution in [0.3, 0.4) is 0 Å². The summed E-state index contributed by atoms with van der Waals surface area (Å²) in [5, 5.41) is 3.36. The van der Waals surface area contributed by atoms with Gasteiger partial charge >= 0.3 is 0 Å². The summed E-state index contributed by atoms with van der Waals surface area (Å²) >= 11 is 6.86. The number of aromatic nitrogens is 1. The van der Waals surface area contributed by atoms with Crippen LogP contribution >= 0.6 is 31.9 Å². The van der Waals surface area contributed by atoms with Crippen LogP contribution in [0.1, 0.15) is 24.4 Å². The molecule has 0 bridgehead atoms. The zero-order chi connectivity index (χ0) is 12.3. The molecule has 0 fully saturated rings. The summed E-state index contributed by atoms with van der Waals surface area (Å²) < 4.78 is 7.42. The first-order valence-electron chi connectivity index (χ1n) is 5.30. The molecule has 1 atom stereocenters. The lowest BCUT2D eigenvalue weighted by Gasteiger charge is -2.15. The van der Waals surface area contributed by atoms with Crippen LogP contribution in [0.25, 0.3) is 0 Å². The predicted molar refractivity (Wildman–Crippen MR) is 73.9 cm³/mol. The number of nitrogens with one attached hydrogen (secondary N) is 1. The molecule has 2 rings (SSSR count). The molecular formula is C12H12Br2N2O. The maximum absolute atomic E-state index is 5.50. The third-order valence-corrected chi connectivity index (χ3v) is 3.49.